The first-order chi connectivity index (χ1) is 12.9. The van der Waals surface area contributed by atoms with E-state index in [0.717, 1.165) is 10.9 Å². The number of carbonyl (C=O) groups is 2. The van der Waals surface area contributed by atoms with E-state index in [1.165, 1.54) is 24.3 Å². The highest BCUT2D eigenvalue weighted by Crippen LogP contribution is 2.33. The van der Waals surface area contributed by atoms with Crippen LogP contribution in [-0.4, -0.2) is 42.1 Å². The molecule has 1 heterocycles. The van der Waals surface area contributed by atoms with Gasteiger partial charge in [0.15, 0.2) is 17.3 Å². The van der Waals surface area contributed by atoms with Gasteiger partial charge in [-0.3, -0.25) is 9.59 Å². The Morgan fingerprint density at radius 1 is 1.04 bits per heavy atom. The van der Waals surface area contributed by atoms with Crippen LogP contribution in [0.25, 0.3) is 10.9 Å². The molecule has 3 aromatic rings. The van der Waals surface area contributed by atoms with Crippen molar-refractivity contribution in [1.82, 2.24) is 9.88 Å². The quantitative estimate of drug-likeness (QED) is 0.653. The monoisotopic (exact) mass is 368 g/mol. The predicted molar refractivity (Wildman–Crippen MR) is 101 cm³/mol. The molecule has 3 rings (SSSR count). The van der Waals surface area contributed by atoms with Gasteiger partial charge in [0.2, 0.25) is 0 Å². The molecular weight excluding hydrogens is 348 g/mol. The number of fused-ring (bicyclic) bond motifs is 1. The Morgan fingerprint density at radius 3 is 2.30 bits per heavy atom. The van der Waals surface area contributed by atoms with Crippen molar-refractivity contribution < 1.29 is 24.2 Å². The highest BCUT2D eigenvalue weighted by molar-refractivity contribution is 6.03. The van der Waals surface area contributed by atoms with E-state index in [9.17, 15) is 14.7 Å². The normalized spacial score (nSPS) is 10.6. The molecule has 0 radical (unpaired) electrons. The van der Waals surface area contributed by atoms with E-state index in [-0.39, 0.29) is 24.0 Å². The van der Waals surface area contributed by atoms with Gasteiger partial charge in [0.25, 0.3) is 5.91 Å². The number of hydrogen-bond acceptors (Lipinski definition) is 5. The van der Waals surface area contributed by atoms with Crippen molar-refractivity contribution in [3.63, 3.8) is 0 Å². The number of phenolic OH excluding ortho intramolecular Hbond substituents is 1. The van der Waals surface area contributed by atoms with Crippen molar-refractivity contribution in [3.05, 3.63) is 53.7 Å². The third-order valence-electron chi connectivity index (χ3n) is 4.38. The Hall–Kier alpha value is -3.48. The third-order valence-corrected chi connectivity index (χ3v) is 4.38. The fourth-order valence-corrected chi connectivity index (χ4v) is 2.88. The molecule has 27 heavy (non-hydrogen) atoms. The molecule has 0 saturated heterocycles. The Bertz CT molecular complexity index is 1010. The number of phenols is 1. The highest BCUT2D eigenvalue weighted by Gasteiger charge is 2.17. The average molecular weight is 368 g/mol. The number of nitrogens with one attached hydrogen (secondary N) is 1. The van der Waals surface area contributed by atoms with Gasteiger partial charge in [0.1, 0.15) is 11.4 Å². The summed E-state index contributed by atoms with van der Waals surface area (Å²) in [4.78, 5) is 24.7. The number of aromatic hydroxyl groups is 1. The van der Waals surface area contributed by atoms with Crippen LogP contribution >= 0.6 is 0 Å². The van der Waals surface area contributed by atoms with Gasteiger partial charge in [0.05, 0.1) is 26.3 Å². The number of rotatable bonds is 6. The summed E-state index contributed by atoms with van der Waals surface area (Å²) in [6.45, 7) is -0.141. The lowest BCUT2D eigenvalue weighted by Crippen LogP contribution is -2.30. The number of hydrogen-bond donors (Lipinski definition) is 2. The average Bonchev–Trinajstić information content (AvgIpc) is 3.01. The zero-order valence-electron chi connectivity index (χ0n) is 15.3. The van der Waals surface area contributed by atoms with Crippen LogP contribution in [0.2, 0.25) is 0 Å². The predicted octanol–water partition coefficient (Wildman–Crippen LogP) is 2.51. The fraction of sp³-hybridized carbons (Fsp3) is 0.200. The Morgan fingerprint density at radius 2 is 1.67 bits per heavy atom. The molecule has 0 unspecified atom stereocenters. The summed E-state index contributed by atoms with van der Waals surface area (Å²) in [6.07, 6.45) is 0. The van der Waals surface area contributed by atoms with E-state index in [1.807, 2.05) is 0 Å². The Labute approximate surface area is 156 Å². The molecule has 0 atom stereocenters. The smallest absolute Gasteiger partial charge is 0.268 e. The number of aryl methyl sites for hydroxylation is 1. The van der Waals surface area contributed by atoms with Gasteiger partial charge < -0.3 is 24.5 Å². The van der Waals surface area contributed by atoms with Crippen molar-refractivity contribution in [2.45, 2.75) is 0 Å². The summed E-state index contributed by atoms with van der Waals surface area (Å²) < 4.78 is 12.3. The molecule has 0 aliphatic heterocycles. The lowest BCUT2D eigenvalue weighted by atomic mass is 10.1. The van der Waals surface area contributed by atoms with E-state index < -0.39 is 0 Å². The van der Waals surface area contributed by atoms with Crippen molar-refractivity contribution in [1.29, 1.82) is 0 Å². The summed E-state index contributed by atoms with van der Waals surface area (Å²) in [5, 5.41) is 12.7. The largest absolute Gasteiger partial charge is 0.508 e. The standard InChI is InChI=1S/C20H20N2O5/c1-22-15-10-19(27-3)18(26-2)9-13(15)8-16(22)20(25)21-11-17(24)12-4-6-14(23)7-5-12/h4-10,23H,11H2,1-3H3,(H,21,25). The number of carbonyl (C=O) groups excluding carboxylic acids is 2. The molecule has 0 aliphatic carbocycles. The minimum atomic E-state index is -0.362. The van der Waals surface area contributed by atoms with E-state index in [1.54, 1.807) is 44.0 Å². The van der Waals surface area contributed by atoms with Crippen molar-refractivity contribution in [2.75, 3.05) is 20.8 Å². The van der Waals surface area contributed by atoms with Gasteiger partial charge in [-0.1, -0.05) is 0 Å². The molecular formula is C20H20N2O5. The topological polar surface area (TPSA) is 89.8 Å². The fourth-order valence-electron chi connectivity index (χ4n) is 2.88. The number of ether oxygens (including phenoxy) is 2. The number of nitrogens with zero attached hydrogens (tertiary/aromatic N) is 1. The van der Waals surface area contributed by atoms with Gasteiger partial charge in [-0.25, -0.2) is 0 Å². The number of Topliss-reactive ketones (excluding diaryl/α,β-unsaturated/α-hetero) is 1. The van der Waals surface area contributed by atoms with Crippen molar-refractivity contribution in [2.24, 2.45) is 7.05 Å². The lowest BCUT2D eigenvalue weighted by Gasteiger charge is -2.09. The summed E-state index contributed by atoms with van der Waals surface area (Å²) in [5.41, 5.74) is 1.64. The second-order valence-corrected chi connectivity index (χ2v) is 6.01. The zero-order chi connectivity index (χ0) is 19.6. The lowest BCUT2D eigenvalue weighted by molar-refractivity contribution is 0.0899. The molecule has 1 aromatic heterocycles. The first kappa shape index (κ1) is 18.3. The summed E-state index contributed by atoms with van der Waals surface area (Å²) in [6, 6.07) is 11.2. The number of amides is 1. The van der Waals surface area contributed by atoms with Crippen LogP contribution in [0.4, 0.5) is 0 Å². The molecule has 0 fully saturated rings. The van der Waals surface area contributed by atoms with E-state index in [2.05, 4.69) is 5.32 Å². The second kappa shape index (κ2) is 7.41. The van der Waals surface area contributed by atoms with E-state index in [0.29, 0.717) is 22.8 Å². The van der Waals surface area contributed by atoms with Crippen LogP contribution in [0.5, 0.6) is 17.2 Å². The molecule has 0 spiro atoms. The molecule has 2 N–H and O–H groups in total. The summed E-state index contributed by atoms with van der Waals surface area (Å²) in [5.74, 6) is 0.617. The van der Waals surface area contributed by atoms with E-state index >= 15 is 0 Å². The maximum atomic E-state index is 12.5. The number of ketones is 1. The Kier molecular flexibility index (Phi) is 5.03. The SMILES string of the molecule is COc1cc2cc(C(=O)NCC(=O)c3ccc(O)cc3)n(C)c2cc1OC. The first-order valence-electron chi connectivity index (χ1n) is 8.26. The molecule has 0 bridgehead atoms. The van der Waals surface area contributed by atoms with Gasteiger partial charge in [0, 0.05) is 24.1 Å². The number of methoxy groups -OCH3 is 2. The van der Waals surface area contributed by atoms with Crippen LogP contribution < -0.4 is 14.8 Å². The van der Waals surface area contributed by atoms with Crippen LogP contribution in [0, 0.1) is 0 Å². The summed E-state index contributed by atoms with van der Waals surface area (Å²) in [7, 11) is 4.87. The molecule has 140 valence electrons. The Balaban J connectivity index is 1.80. The van der Waals surface area contributed by atoms with Gasteiger partial charge in [-0.15, -0.1) is 0 Å². The van der Waals surface area contributed by atoms with E-state index in [4.69, 9.17) is 9.47 Å². The van der Waals surface area contributed by atoms with Crippen molar-refractivity contribution >= 4 is 22.6 Å². The number of aromatic nitrogens is 1. The van der Waals surface area contributed by atoms with Crippen molar-refractivity contribution in [3.8, 4) is 17.2 Å². The molecule has 0 saturated carbocycles. The number of benzene rings is 2. The zero-order valence-corrected chi connectivity index (χ0v) is 15.3. The third kappa shape index (κ3) is 3.57. The first-order valence-corrected chi connectivity index (χ1v) is 8.26. The minimum Gasteiger partial charge on any atom is -0.508 e. The molecule has 2 aromatic carbocycles. The van der Waals surface area contributed by atoms with Gasteiger partial charge >= 0.3 is 0 Å². The highest BCUT2D eigenvalue weighted by atomic mass is 16.5. The molecule has 0 aliphatic rings. The van der Waals surface area contributed by atoms with Gasteiger partial charge in [-0.05, 0) is 36.4 Å². The second-order valence-electron chi connectivity index (χ2n) is 6.01. The van der Waals surface area contributed by atoms with Crippen LogP contribution in [0.15, 0.2) is 42.5 Å². The maximum absolute atomic E-state index is 12.5. The maximum Gasteiger partial charge on any atom is 0.268 e. The molecule has 7 heteroatoms. The molecule has 7 nitrogen and oxygen atoms in total. The van der Waals surface area contributed by atoms with Crippen LogP contribution in [-0.2, 0) is 7.05 Å². The van der Waals surface area contributed by atoms with Crippen LogP contribution in [0.1, 0.15) is 20.8 Å². The van der Waals surface area contributed by atoms with Crippen LogP contribution in [0.3, 0.4) is 0 Å². The summed E-state index contributed by atoms with van der Waals surface area (Å²) >= 11 is 0. The van der Waals surface area contributed by atoms with Gasteiger partial charge in [-0.2, -0.15) is 0 Å². The molecule has 1 amide bonds. The minimum absolute atomic E-state index is 0.0805.